The van der Waals surface area contributed by atoms with Gasteiger partial charge >= 0.3 is 0 Å². The molecule has 0 radical (unpaired) electrons. The molecule has 1 aromatic carbocycles. The van der Waals surface area contributed by atoms with Crippen LogP contribution in [0.2, 0.25) is 5.02 Å². The zero-order valence-electron chi connectivity index (χ0n) is 12.6. The number of halogens is 2. The average Bonchev–Trinajstić information content (AvgIpc) is 2.45. The molecule has 0 saturated carbocycles. The molecule has 2 nitrogen and oxygen atoms in total. The molecule has 0 spiro atoms. The summed E-state index contributed by atoms with van der Waals surface area (Å²) in [5, 5.41) is 3.75. The molecule has 0 saturated heterocycles. The summed E-state index contributed by atoms with van der Waals surface area (Å²) in [4.78, 5) is 0. The van der Waals surface area contributed by atoms with Gasteiger partial charge in [-0.1, -0.05) is 30.7 Å². The average molecular weight is 302 g/mol. The van der Waals surface area contributed by atoms with Crippen LogP contribution in [0.3, 0.4) is 0 Å². The molecule has 0 aliphatic carbocycles. The zero-order valence-corrected chi connectivity index (χ0v) is 13.3. The van der Waals surface area contributed by atoms with Crippen molar-refractivity contribution in [2.45, 2.75) is 51.7 Å². The van der Waals surface area contributed by atoms with E-state index in [-0.39, 0.29) is 16.9 Å². The molecule has 1 N–H and O–H groups in total. The summed E-state index contributed by atoms with van der Waals surface area (Å²) in [5.74, 6) is -0.344. The molecule has 2 atom stereocenters. The number of ether oxygens (including phenoxy) is 1. The van der Waals surface area contributed by atoms with Crippen LogP contribution < -0.4 is 5.32 Å². The lowest BCUT2D eigenvalue weighted by Crippen LogP contribution is -2.32. The standard InChI is InChI=1S/C16H25ClFNO/c1-4-10-19-14(9-8-12(2)20-3)11-13-6-5-7-15(18)16(13)17/h5-7,12,14,19H,4,8-11H2,1-3H3. The lowest BCUT2D eigenvalue weighted by molar-refractivity contribution is 0.106. The van der Waals surface area contributed by atoms with Crippen molar-refractivity contribution in [3.05, 3.63) is 34.6 Å². The highest BCUT2D eigenvalue weighted by Crippen LogP contribution is 2.22. The summed E-state index contributed by atoms with van der Waals surface area (Å²) < 4.78 is 18.8. The molecular weight excluding hydrogens is 277 g/mol. The number of hydrogen-bond donors (Lipinski definition) is 1. The topological polar surface area (TPSA) is 21.3 Å². The van der Waals surface area contributed by atoms with E-state index < -0.39 is 0 Å². The Hall–Kier alpha value is -0.640. The highest BCUT2D eigenvalue weighted by atomic mass is 35.5. The second kappa shape index (κ2) is 9.32. The van der Waals surface area contributed by atoms with Gasteiger partial charge < -0.3 is 10.1 Å². The fourth-order valence-electron chi connectivity index (χ4n) is 2.15. The van der Waals surface area contributed by atoms with Crippen LogP contribution in [-0.2, 0) is 11.2 Å². The number of hydrogen-bond acceptors (Lipinski definition) is 2. The molecule has 114 valence electrons. The minimum absolute atomic E-state index is 0.240. The van der Waals surface area contributed by atoms with Crippen molar-refractivity contribution in [1.82, 2.24) is 5.32 Å². The zero-order chi connectivity index (χ0) is 15.0. The Bertz CT molecular complexity index is 400. The Morgan fingerprint density at radius 2 is 2.10 bits per heavy atom. The fraction of sp³-hybridized carbons (Fsp3) is 0.625. The molecule has 0 fully saturated rings. The minimum atomic E-state index is -0.344. The SMILES string of the molecule is CCCNC(CCC(C)OC)Cc1cccc(F)c1Cl. The Kier molecular flexibility index (Phi) is 8.12. The molecule has 1 rings (SSSR count). The van der Waals surface area contributed by atoms with Crippen LogP contribution >= 0.6 is 11.6 Å². The van der Waals surface area contributed by atoms with Crippen molar-refractivity contribution in [2.24, 2.45) is 0 Å². The van der Waals surface area contributed by atoms with Crippen LogP contribution in [0.25, 0.3) is 0 Å². The largest absolute Gasteiger partial charge is 0.382 e. The van der Waals surface area contributed by atoms with Gasteiger partial charge in [-0.2, -0.15) is 0 Å². The maximum Gasteiger partial charge on any atom is 0.142 e. The Balaban J connectivity index is 2.65. The number of methoxy groups -OCH3 is 1. The maximum atomic E-state index is 13.5. The van der Waals surface area contributed by atoms with Gasteiger partial charge in [0.15, 0.2) is 0 Å². The number of rotatable bonds is 9. The third-order valence-corrected chi connectivity index (χ3v) is 3.93. The Labute approximate surface area is 126 Å². The molecule has 0 heterocycles. The van der Waals surface area contributed by atoms with Crippen molar-refractivity contribution < 1.29 is 9.13 Å². The Morgan fingerprint density at radius 3 is 2.75 bits per heavy atom. The molecule has 0 aliphatic heterocycles. The van der Waals surface area contributed by atoms with Crippen LogP contribution in [0.5, 0.6) is 0 Å². The van der Waals surface area contributed by atoms with Gasteiger partial charge in [0.2, 0.25) is 0 Å². The first-order valence-electron chi connectivity index (χ1n) is 7.27. The second-order valence-electron chi connectivity index (χ2n) is 5.19. The molecule has 4 heteroatoms. The van der Waals surface area contributed by atoms with Gasteiger partial charge in [0.1, 0.15) is 5.82 Å². The first-order chi connectivity index (χ1) is 9.58. The first kappa shape index (κ1) is 17.4. The van der Waals surface area contributed by atoms with Crippen LogP contribution in [0, 0.1) is 5.82 Å². The minimum Gasteiger partial charge on any atom is -0.382 e. The maximum absolute atomic E-state index is 13.5. The third kappa shape index (κ3) is 5.78. The van der Waals surface area contributed by atoms with Gasteiger partial charge in [-0.05, 0) is 50.8 Å². The lowest BCUT2D eigenvalue weighted by atomic mass is 10.00. The van der Waals surface area contributed by atoms with E-state index in [4.69, 9.17) is 16.3 Å². The highest BCUT2D eigenvalue weighted by molar-refractivity contribution is 6.31. The molecule has 2 unspecified atom stereocenters. The van der Waals surface area contributed by atoms with Crippen LogP contribution in [0.15, 0.2) is 18.2 Å². The lowest BCUT2D eigenvalue weighted by Gasteiger charge is -2.21. The summed E-state index contributed by atoms with van der Waals surface area (Å²) in [6.07, 6.45) is 4.02. The van der Waals surface area contributed by atoms with Crippen molar-refractivity contribution in [3.8, 4) is 0 Å². The molecule has 0 aromatic heterocycles. The van der Waals surface area contributed by atoms with Crippen LogP contribution in [0.4, 0.5) is 4.39 Å². The van der Waals surface area contributed by atoms with E-state index in [2.05, 4.69) is 19.2 Å². The predicted molar refractivity (Wildman–Crippen MR) is 82.9 cm³/mol. The predicted octanol–water partition coefficient (Wildman–Crippen LogP) is 4.20. The van der Waals surface area contributed by atoms with Crippen molar-refractivity contribution >= 4 is 11.6 Å². The van der Waals surface area contributed by atoms with Crippen molar-refractivity contribution in [3.63, 3.8) is 0 Å². The summed E-state index contributed by atoms with van der Waals surface area (Å²) in [6, 6.07) is 5.30. The van der Waals surface area contributed by atoms with E-state index in [1.807, 2.05) is 6.07 Å². The molecule has 0 amide bonds. The van der Waals surface area contributed by atoms with E-state index in [1.165, 1.54) is 6.07 Å². The third-order valence-electron chi connectivity index (χ3n) is 3.50. The second-order valence-corrected chi connectivity index (χ2v) is 5.57. The quantitative estimate of drug-likeness (QED) is 0.738. The molecule has 1 aromatic rings. The highest BCUT2D eigenvalue weighted by Gasteiger charge is 2.14. The van der Waals surface area contributed by atoms with Gasteiger partial charge in [0.25, 0.3) is 0 Å². The monoisotopic (exact) mass is 301 g/mol. The van der Waals surface area contributed by atoms with Crippen LogP contribution in [-0.4, -0.2) is 25.8 Å². The van der Waals surface area contributed by atoms with E-state index in [9.17, 15) is 4.39 Å². The summed E-state index contributed by atoms with van der Waals surface area (Å²) >= 11 is 6.03. The van der Waals surface area contributed by atoms with E-state index in [1.54, 1.807) is 13.2 Å². The summed E-state index contributed by atoms with van der Waals surface area (Å²) in [5.41, 5.74) is 0.866. The molecular formula is C16H25ClFNO. The van der Waals surface area contributed by atoms with Gasteiger partial charge in [-0.3, -0.25) is 0 Å². The van der Waals surface area contributed by atoms with Crippen molar-refractivity contribution in [1.29, 1.82) is 0 Å². The van der Waals surface area contributed by atoms with E-state index in [0.29, 0.717) is 6.04 Å². The van der Waals surface area contributed by atoms with Gasteiger partial charge in [0, 0.05) is 13.2 Å². The van der Waals surface area contributed by atoms with E-state index in [0.717, 1.165) is 37.8 Å². The van der Waals surface area contributed by atoms with E-state index >= 15 is 0 Å². The molecule has 0 bridgehead atoms. The smallest absolute Gasteiger partial charge is 0.142 e. The summed E-state index contributed by atoms with van der Waals surface area (Å²) in [7, 11) is 1.72. The Morgan fingerprint density at radius 1 is 1.35 bits per heavy atom. The van der Waals surface area contributed by atoms with Gasteiger partial charge in [-0.15, -0.1) is 0 Å². The number of benzene rings is 1. The normalized spacial score (nSPS) is 14.2. The summed E-state index contributed by atoms with van der Waals surface area (Å²) in [6.45, 7) is 5.15. The van der Waals surface area contributed by atoms with Crippen molar-refractivity contribution in [2.75, 3.05) is 13.7 Å². The molecule has 0 aliphatic rings. The number of nitrogens with one attached hydrogen (secondary N) is 1. The fourth-order valence-corrected chi connectivity index (χ4v) is 2.35. The van der Waals surface area contributed by atoms with Gasteiger partial charge in [0.05, 0.1) is 11.1 Å². The molecule has 20 heavy (non-hydrogen) atoms. The van der Waals surface area contributed by atoms with Gasteiger partial charge in [-0.25, -0.2) is 4.39 Å². The van der Waals surface area contributed by atoms with Crippen LogP contribution in [0.1, 0.15) is 38.7 Å². The first-order valence-corrected chi connectivity index (χ1v) is 7.65.